The van der Waals surface area contributed by atoms with Crippen molar-refractivity contribution >= 4 is 46.7 Å². The maximum atomic E-state index is 13.2. The van der Waals surface area contributed by atoms with Gasteiger partial charge in [-0.1, -0.05) is 11.6 Å². The highest BCUT2D eigenvalue weighted by Gasteiger charge is 2.36. The quantitative estimate of drug-likeness (QED) is 0.555. The third-order valence-corrected chi connectivity index (χ3v) is 7.86. The van der Waals surface area contributed by atoms with E-state index in [1.807, 2.05) is 0 Å². The van der Waals surface area contributed by atoms with Gasteiger partial charge in [0.2, 0.25) is 11.8 Å². The number of hydrogen-bond acceptors (Lipinski definition) is 7. The summed E-state index contributed by atoms with van der Waals surface area (Å²) < 4.78 is 0. The Hall–Kier alpha value is -2.82. The molecule has 1 fully saturated rings. The minimum absolute atomic E-state index is 0.0282. The molecule has 0 bridgehead atoms. The van der Waals surface area contributed by atoms with E-state index >= 15 is 0 Å². The van der Waals surface area contributed by atoms with E-state index in [-0.39, 0.29) is 29.7 Å². The zero-order valence-corrected chi connectivity index (χ0v) is 22.2. The number of carbonyl (C=O) groups is 3. The largest absolute Gasteiger partial charge is 0.349 e. The predicted molar refractivity (Wildman–Crippen MR) is 140 cm³/mol. The van der Waals surface area contributed by atoms with E-state index in [2.05, 4.69) is 32.5 Å². The molecule has 3 amide bonds. The van der Waals surface area contributed by atoms with Gasteiger partial charge in [-0.2, -0.15) is 0 Å². The SMILES string of the molecule is CN1CCc2nc(C(=O)N[C@@H]3C[C@@H](C(=O)N(C)C)CC[C@@H]3NC(=O)C=Cc3ccc(Cl)cn3)sc2C1. The zero-order chi connectivity index (χ0) is 25.8. The van der Waals surface area contributed by atoms with Crippen LogP contribution in [0.5, 0.6) is 0 Å². The van der Waals surface area contributed by atoms with Crippen molar-refractivity contribution in [2.75, 3.05) is 27.7 Å². The third-order valence-electron chi connectivity index (χ3n) is 6.56. The molecule has 2 aromatic rings. The zero-order valence-electron chi connectivity index (χ0n) is 20.7. The van der Waals surface area contributed by atoms with Gasteiger partial charge in [0.1, 0.15) is 0 Å². The number of hydrogen-bond donors (Lipinski definition) is 2. The molecule has 11 heteroatoms. The summed E-state index contributed by atoms with van der Waals surface area (Å²) >= 11 is 7.28. The van der Waals surface area contributed by atoms with Crippen molar-refractivity contribution < 1.29 is 14.4 Å². The van der Waals surface area contributed by atoms with Gasteiger partial charge in [0.15, 0.2) is 5.01 Å². The molecule has 2 aliphatic rings. The summed E-state index contributed by atoms with van der Waals surface area (Å²) in [5, 5.41) is 7.03. The monoisotopic (exact) mass is 530 g/mol. The molecule has 0 radical (unpaired) electrons. The number of nitrogens with one attached hydrogen (secondary N) is 2. The van der Waals surface area contributed by atoms with Crippen LogP contribution in [0.4, 0.5) is 0 Å². The average Bonchev–Trinajstić information content (AvgIpc) is 3.27. The minimum atomic E-state index is -0.394. The van der Waals surface area contributed by atoms with Crippen LogP contribution in [0, 0.1) is 5.92 Å². The first-order valence-corrected chi connectivity index (χ1v) is 13.2. The smallest absolute Gasteiger partial charge is 0.280 e. The minimum Gasteiger partial charge on any atom is -0.349 e. The van der Waals surface area contributed by atoms with E-state index < -0.39 is 6.04 Å². The third kappa shape index (κ3) is 6.48. The second-order valence-electron chi connectivity index (χ2n) is 9.55. The van der Waals surface area contributed by atoms with Gasteiger partial charge in [-0.3, -0.25) is 19.4 Å². The molecule has 0 aromatic carbocycles. The van der Waals surface area contributed by atoms with Crippen LogP contribution in [0.1, 0.15) is 45.3 Å². The van der Waals surface area contributed by atoms with Gasteiger partial charge in [-0.05, 0) is 44.5 Å². The first-order valence-electron chi connectivity index (χ1n) is 12.0. The number of thiazole rings is 1. The molecular formula is C25H31ClN6O3S. The highest BCUT2D eigenvalue weighted by atomic mass is 35.5. The number of fused-ring (bicyclic) bond motifs is 1. The summed E-state index contributed by atoms with van der Waals surface area (Å²) in [6.45, 7) is 1.71. The Kier molecular flexibility index (Phi) is 8.38. The van der Waals surface area contributed by atoms with Crippen molar-refractivity contribution in [3.05, 3.63) is 50.7 Å². The maximum Gasteiger partial charge on any atom is 0.280 e. The summed E-state index contributed by atoms with van der Waals surface area (Å²) in [7, 11) is 5.52. The molecule has 3 atom stereocenters. The molecule has 1 saturated carbocycles. The first-order chi connectivity index (χ1) is 17.2. The standard InChI is InChI=1S/C25H31ClN6O3S/c1-31(2)25(35)15-4-8-18(28-22(33)9-7-17-6-5-16(26)13-27-17)20(12-15)29-23(34)24-30-19-10-11-32(3)14-21(19)36-24/h5-7,9,13,15,18,20H,4,8,10-12,14H2,1-3H3,(H,28,33)(H,29,34)/t15-,18-,20+/m0/s1. The summed E-state index contributed by atoms with van der Waals surface area (Å²) in [4.78, 5) is 52.2. The molecule has 2 N–H and O–H groups in total. The Morgan fingerprint density at radius 1 is 1.19 bits per heavy atom. The van der Waals surface area contributed by atoms with Gasteiger partial charge in [0.25, 0.3) is 5.91 Å². The number of amides is 3. The van der Waals surface area contributed by atoms with Gasteiger partial charge in [-0.25, -0.2) is 4.98 Å². The van der Waals surface area contributed by atoms with Crippen molar-refractivity contribution in [1.29, 1.82) is 0 Å². The van der Waals surface area contributed by atoms with Crippen LogP contribution in [-0.4, -0.2) is 77.3 Å². The number of likely N-dealkylation sites (N-methyl/N-ethyl adjacent to an activating group) is 1. The number of pyridine rings is 1. The van der Waals surface area contributed by atoms with E-state index in [9.17, 15) is 14.4 Å². The van der Waals surface area contributed by atoms with Crippen molar-refractivity contribution in [3.8, 4) is 0 Å². The second-order valence-corrected chi connectivity index (χ2v) is 11.1. The van der Waals surface area contributed by atoms with E-state index in [1.165, 1.54) is 23.6 Å². The summed E-state index contributed by atoms with van der Waals surface area (Å²) in [5.74, 6) is -0.743. The second kappa shape index (κ2) is 11.5. The molecule has 0 spiro atoms. The van der Waals surface area contributed by atoms with Crippen LogP contribution in [0.25, 0.3) is 6.08 Å². The Bertz CT molecular complexity index is 1150. The van der Waals surface area contributed by atoms with Crippen molar-refractivity contribution in [1.82, 2.24) is 30.4 Å². The fraction of sp³-hybridized carbons (Fsp3) is 0.480. The van der Waals surface area contributed by atoms with Gasteiger partial charge in [-0.15, -0.1) is 11.3 Å². The average molecular weight is 531 g/mol. The maximum absolute atomic E-state index is 13.2. The summed E-state index contributed by atoms with van der Waals surface area (Å²) in [6, 6.07) is 2.72. The van der Waals surface area contributed by atoms with E-state index in [0.717, 1.165) is 30.1 Å². The lowest BCUT2D eigenvalue weighted by Gasteiger charge is -2.37. The topological polar surface area (TPSA) is 108 Å². The van der Waals surface area contributed by atoms with Crippen LogP contribution >= 0.6 is 22.9 Å². The fourth-order valence-corrected chi connectivity index (χ4v) is 5.82. The van der Waals surface area contributed by atoms with Crippen LogP contribution in [0.15, 0.2) is 24.4 Å². The molecule has 4 rings (SSSR count). The molecule has 9 nitrogen and oxygen atoms in total. The lowest BCUT2D eigenvalue weighted by atomic mass is 9.81. The predicted octanol–water partition coefficient (Wildman–Crippen LogP) is 2.36. The van der Waals surface area contributed by atoms with E-state index in [0.29, 0.717) is 35.0 Å². The molecule has 0 saturated heterocycles. The lowest BCUT2D eigenvalue weighted by molar-refractivity contribution is -0.134. The Morgan fingerprint density at radius 3 is 2.72 bits per heavy atom. The normalized spacial score (nSPS) is 22.2. The molecule has 1 aliphatic carbocycles. The number of carbonyl (C=O) groups excluding carboxylic acids is 3. The highest BCUT2D eigenvalue weighted by molar-refractivity contribution is 7.13. The molecular weight excluding hydrogens is 500 g/mol. The van der Waals surface area contributed by atoms with Crippen LogP contribution in [0.3, 0.4) is 0 Å². The van der Waals surface area contributed by atoms with Gasteiger partial charge in [0.05, 0.1) is 22.5 Å². The summed E-state index contributed by atoms with van der Waals surface area (Å²) in [5.41, 5.74) is 1.59. The first kappa shape index (κ1) is 26.2. The number of nitrogens with zero attached hydrogens (tertiary/aromatic N) is 4. The Morgan fingerprint density at radius 2 is 2.00 bits per heavy atom. The van der Waals surface area contributed by atoms with Gasteiger partial charge < -0.3 is 20.4 Å². The number of halogens is 1. The molecule has 36 heavy (non-hydrogen) atoms. The van der Waals surface area contributed by atoms with Crippen LogP contribution in [0.2, 0.25) is 5.02 Å². The van der Waals surface area contributed by atoms with E-state index in [1.54, 1.807) is 37.2 Å². The van der Waals surface area contributed by atoms with E-state index in [4.69, 9.17) is 11.6 Å². The Balaban J connectivity index is 1.46. The molecule has 192 valence electrons. The lowest BCUT2D eigenvalue weighted by Crippen LogP contribution is -2.55. The number of rotatable bonds is 6. The highest BCUT2D eigenvalue weighted by Crippen LogP contribution is 2.28. The van der Waals surface area contributed by atoms with Crippen molar-refractivity contribution in [3.63, 3.8) is 0 Å². The van der Waals surface area contributed by atoms with Crippen molar-refractivity contribution in [2.45, 2.75) is 44.3 Å². The Labute approximate surface area is 219 Å². The van der Waals surface area contributed by atoms with Gasteiger partial charge in [0, 0.05) is 62.7 Å². The summed E-state index contributed by atoms with van der Waals surface area (Å²) in [6.07, 6.45) is 7.02. The van der Waals surface area contributed by atoms with Crippen molar-refractivity contribution in [2.24, 2.45) is 5.92 Å². The molecule has 2 aromatic heterocycles. The molecule has 3 heterocycles. The van der Waals surface area contributed by atoms with Crippen LogP contribution < -0.4 is 10.6 Å². The van der Waals surface area contributed by atoms with Gasteiger partial charge >= 0.3 is 0 Å². The molecule has 1 aliphatic heterocycles. The fourth-order valence-electron chi connectivity index (χ4n) is 4.62. The molecule has 0 unspecified atom stereocenters. The number of aromatic nitrogens is 2. The van der Waals surface area contributed by atoms with Crippen LogP contribution in [-0.2, 0) is 22.6 Å².